The van der Waals surface area contributed by atoms with Crippen molar-refractivity contribution in [3.05, 3.63) is 25.9 Å². The van der Waals surface area contributed by atoms with Crippen molar-refractivity contribution in [2.75, 3.05) is 0 Å². The van der Waals surface area contributed by atoms with Gasteiger partial charge in [-0.2, -0.15) is 5.10 Å². The van der Waals surface area contributed by atoms with Gasteiger partial charge in [0.25, 0.3) is 0 Å². The molecule has 0 bridgehead atoms. The monoisotopic (exact) mass is 394 g/mol. The van der Waals surface area contributed by atoms with Crippen molar-refractivity contribution in [3.8, 4) is 0 Å². The molecule has 1 aromatic heterocycles. The Balaban J connectivity index is 2.73. The number of nitrogens with zero attached hydrogens (tertiary/aromatic N) is 2. The van der Waals surface area contributed by atoms with Crippen molar-refractivity contribution in [2.45, 2.75) is 13.5 Å². The van der Waals surface area contributed by atoms with Gasteiger partial charge in [0.2, 0.25) is 0 Å². The zero-order valence-corrected chi connectivity index (χ0v) is 12.1. The Morgan fingerprint density at radius 3 is 2.94 bits per heavy atom. The van der Waals surface area contributed by atoms with E-state index in [4.69, 9.17) is 5.11 Å². The maximum Gasteiger partial charge on any atom is 0.325 e. The van der Waals surface area contributed by atoms with E-state index in [0.717, 1.165) is 24.6 Å². The van der Waals surface area contributed by atoms with E-state index < -0.39 is 5.97 Å². The zero-order valence-electron chi connectivity index (χ0n) is 8.37. The highest BCUT2D eigenvalue weighted by atomic mass is 127. The first-order chi connectivity index (χ1) is 7.49. The maximum atomic E-state index is 10.7. The number of hydrogen-bond donors (Lipinski definition) is 1. The molecule has 2 rings (SSSR count). The summed E-state index contributed by atoms with van der Waals surface area (Å²) in [5.74, 6) is -0.886. The second kappa shape index (κ2) is 4.33. The summed E-state index contributed by atoms with van der Waals surface area (Å²) in [6.07, 6.45) is 0. The number of aryl methyl sites for hydroxylation is 1. The van der Waals surface area contributed by atoms with Crippen molar-refractivity contribution in [1.29, 1.82) is 0 Å². The van der Waals surface area contributed by atoms with Gasteiger partial charge in [-0.25, -0.2) is 0 Å². The van der Waals surface area contributed by atoms with Gasteiger partial charge in [0.05, 0.1) is 5.52 Å². The molecule has 0 spiro atoms. The van der Waals surface area contributed by atoms with Gasteiger partial charge in [-0.3, -0.25) is 9.48 Å². The van der Waals surface area contributed by atoms with Gasteiger partial charge in [0, 0.05) is 9.86 Å². The van der Waals surface area contributed by atoms with E-state index >= 15 is 0 Å². The van der Waals surface area contributed by atoms with Gasteiger partial charge in [-0.05, 0) is 47.2 Å². The normalized spacial score (nSPS) is 10.9. The Bertz CT molecular complexity index is 580. The van der Waals surface area contributed by atoms with Crippen LogP contribution in [0.2, 0.25) is 0 Å². The summed E-state index contributed by atoms with van der Waals surface area (Å²) in [4.78, 5) is 10.7. The van der Waals surface area contributed by atoms with Crippen molar-refractivity contribution < 1.29 is 9.90 Å². The van der Waals surface area contributed by atoms with E-state index in [2.05, 4.69) is 43.6 Å². The molecule has 0 saturated carbocycles. The summed E-state index contributed by atoms with van der Waals surface area (Å²) in [6, 6.07) is 3.91. The molecule has 0 aliphatic carbocycles. The number of hydrogen-bond acceptors (Lipinski definition) is 2. The smallest absolute Gasteiger partial charge is 0.325 e. The highest BCUT2D eigenvalue weighted by Gasteiger charge is 2.13. The van der Waals surface area contributed by atoms with Crippen LogP contribution in [0.5, 0.6) is 0 Å². The van der Waals surface area contributed by atoms with E-state index in [9.17, 15) is 4.79 Å². The molecular weight excluding hydrogens is 387 g/mol. The van der Waals surface area contributed by atoms with Crippen LogP contribution in [0.1, 0.15) is 5.56 Å². The molecule has 0 atom stereocenters. The molecule has 0 amide bonds. The number of carboxylic acid groups (broad SMARTS) is 1. The molecule has 84 valence electrons. The molecule has 1 aromatic carbocycles. The summed E-state index contributed by atoms with van der Waals surface area (Å²) in [7, 11) is 0. The average Bonchev–Trinajstić information content (AvgIpc) is 2.42. The predicted molar refractivity (Wildman–Crippen MR) is 72.5 cm³/mol. The minimum atomic E-state index is -0.886. The first-order valence-corrected chi connectivity index (χ1v) is 6.40. The van der Waals surface area contributed by atoms with Gasteiger partial charge >= 0.3 is 5.97 Å². The van der Waals surface area contributed by atoms with Crippen LogP contribution in [0.25, 0.3) is 10.9 Å². The summed E-state index contributed by atoms with van der Waals surface area (Å²) in [6.45, 7) is 1.84. The number of fused-ring (bicyclic) bond motifs is 1. The first kappa shape index (κ1) is 11.8. The lowest BCUT2D eigenvalue weighted by Gasteiger charge is -2.02. The lowest BCUT2D eigenvalue weighted by molar-refractivity contribution is -0.137. The number of carboxylic acids is 1. The molecule has 0 radical (unpaired) electrons. The number of benzene rings is 1. The van der Waals surface area contributed by atoms with E-state index in [1.807, 2.05) is 19.1 Å². The summed E-state index contributed by atoms with van der Waals surface area (Å²) in [5.41, 5.74) is 1.90. The highest BCUT2D eigenvalue weighted by Crippen LogP contribution is 2.27. The van der Waals surface area contributed by atoms with Crippen LogP contribution in [-0.4, -0.2) is 20.9 Å². The molecule has 1 heterocycles. The average molecular weight is 395 g/mol. The summed E-state index contributed by atoms with van der Waals surface area (Å²) in [5, 5.41) is 14.0. The van der Waals surface area contributed by atoms with E-state index in [-0.39, 0.29) is 6.54 Å². The molecule has 0 aliphatic rings. The summed E-state index contributed by atoms with van der Waals surface area (Å²) < 4.78 is 3.32. The van der Waals surface area contributed by atoms with Gasteiger partial charge in [0.1, 0.15) is 10.2 Å². The minimum Gasteiger partial charge on any atom is -0.480 e. The third kappa shape index (κ3) is 2.08. The second-order valence-electron chi connectivity index (χ2n) is 3.46. The fourth-order valence-electron chi connectivity index (χ4n) is 1.69. The SMILES string of the molecule is Cc1cc(Br)cc2c(I)nn(CC(=O)O)c12. The van der Waals surface area contributed by atoms with Crippen molar-refractivity contribution in [2.24, 2.45) is 0 Å². The molecule has 0 aliphatic heterocycles. The Hall–Kier alpha value is -0.630. The molecular formula is C10H8BrIN2O2. The van der Waals surface area contributed by atoms with Gasteiger partial charge < -0.3 is 5.11 Å². The molecule has 0 saturated heterocycles. The minimum absolute atomic E-state index is 0.109. The van der Waals surface area contributed by atoms with Crippen molar-refractivity contribution in [3.63, 3.8) is 0 Å². The predicted octanol–water partition coefficient (Wildman–Crippen LogP) is 2.80. The van der Waals surface area contributed by atoms with Crippen molar-refractivity contribution >= 4 is 55.4 Å². The maximum absolute atomic E-state index is 10.7. The number of aliphatic carboxylic acids is 1. The highest BCUT2D eigenvalue weighted by molar-refractivity contribution is 14.1. The van der Waals surface area contributed by atoms with Gasteiger partial charge in [-0.1, -0.05) is 15.9 Å². The quantitative estimate of drug-likeness (QED) is 0.797. The molecule has 0 fully saturated rings. The first-order valence-electron chi connectivity index (χ1n) is 4.53. The van der Waals surface area contributed by atoms with E-state index in [1.165, 1.54) is 4.68 Å². The standard InChI is InChI=1S/C10H8BrIN2O2/c1-5-2-6(11)3-7-9(5)14(4-8(15)16)13-10(7)12/h2-3H,4H2,1H3,(H,15,16). The van der Waals surface area contributed by atoms with E-state index in [0.29, 0.717) is 0 Å². The van der Waals surface area contributed by atoms with Crippen LogP contribution in [0.3, 0.4) is 0 Å². The fourth-order valence-corrected chi connectivity index (χ4v) is 2.93. The molecule has 1 N–H and O–H groups in total. The molecule has 0 unspecified atom stereocenters. The summed E-state index contributed by atoms with van der Waals surface area (Å²) >= 11 is 5.53. The third-order valence-electron chi connectivity index (χ3n) is 2.24. The second-order valence-corrected chi connectivity index (χ2v) is 5.40. The van der Waals surface area contributed by atoms with E-state index in [1.54, 1.807) is 0 Å². The third-order valence-corrected chi connectivity index (χ3v) is 3.49. The molecule has 6 heteroatoms. The Labute approximate surface area is 114 Å². The topological polar surface area (TPSA) is 55.1 Å². The van der Waals surface area contributed by atoms with Gasteiger partial charge in [0.15, 0.2) is 0 Å². The zero-order chi connectivity index (χ0) is 11.9. The van der Waals surface area contributed by atoms with Crippen molar-refractivity contribution in [1.82, 2.24) is 9.78 Å². The van der Waals surface area contributed by atoms with Crippen LogP contribution >= 0.6 is 38.5 Å². The van der Waals surface area contributed by atoms with Crippen LogP contribution < -0.4 is 0 Å². The Kier molecular flexibility index (Phi) is 3.20. The van der Waals surface area contributed by atoms with Crippen LogP contribution in [-0.2, 0) is 11.3 Å². The Morgan fingerprint density at radius 2 is 2.31 bits per heavy atom. The van der Waals surface area contributed by atoms with Gasteiger partial charge in [-0.15, -0.1) is 0 Å². The largest absolute Gasteiger partial charge is 0.480 e. The number of aromatic nitrogens is 2. The number of carbonyl (C=O) groups is 1. The lowest BCUT2D eigenvalue weighted by Crippen LogP contribution is -2.10. The molecule has 2 aromatic rings. The number of rotatable bonds is 2. The Morgan fingerprint density at radius 1 is 1.62 bits per heavy atom. The lowest BCUT2D eigenvalue weighted by atomic mass is 10.2. The van der Waals surface area contributed by atoms with Crippen LogP contribution in [0.15, 0.2) is 16.6 Å². The molecule has 16 heavy (non-hydrogen) atoms. The fraction of sp³-hybridized carbons (Fsp3) is 0.200. The number of halogens is 2. The van der Waals surface area contributed by atoms with Crippen LogP contribution in [0.4, 0.5) is 0 Å². The molecule has 4 nitrogen and oxygen atoms in total. The van der Waals surface area contributed by atoms with Crippen LogP contribution in [0, 0.1) is 10.6 Å².